The van der Waals surface area contributed by atoms with E-state index in [4.69, 9.17) is 5.11 Å². The van der Waals surface area contributed by atoms with Crippen molar-refractivity contribution in [1.29, 1.82) is 0 Å². The second kappa shape index (κ2) is 4.57. The van der Waals surface area contributed by atoms with E-state index in [1.165, 1.54) is 13.8 Å². The summed E-state index contributed by atoms with van der Waals surface area (Å²) in [6, 6.07) is 7.34. The highest BCUT2D eigenvalue weighted by molar-refractivity contribution is 5.97. The van der Waals surface area contributed by atoms with Crippen LogP contribution in [0.4, 0.5) is 10.5 Å². The Hall–Kier alpha value is -2.04. The largest absolute Gasteiger partial charge is 0.480 e. The Balaban J connectivity index is 2.23. The molecule has 2 N–H and O–H groups in total. The van der Waals surface area contributed by atoms with E-state index in [0.29, 0.717) is 0 Å². The van der Waals surface area contributed by atoms with Gasteiger partial charge in [-0.3, -0.25) is 4.90 Å². The number of nitrogens with zero attached hydrogens (tertiary/aromatic N) is 1. The normalized spacial score (nSPS) is 18.1. The maximum atomic E-state index is 12.3. The molecule has 5 heteroatoms. The Morgan fingerprint density at radius 1 is 1.37 bits per heavy atom. The summed E-state index contributed by atoms with van der Waals surface area (Å²) < 4.78 is 0. The van der Waals surface area contributed by atoms with Gasteiger partial charge in [-0.15, -0.1) is 0 Å². The first-order valence-corrected chi connectivity index (χ1v) is 6.25. The van der Waals surface area contributed by atoms with E-state index in [2.05, 4.69) is 5.32 Å². The molecule has 0 aromatic heterocycles. The van der Waals surface area contributed by atoms with Gasteiger partial charge in [0.2, 0.25) is 0 Å². The Bertz CT molecular complexity index is 525. The second-order valence-electron chi connectivity index (χ2n) is 5.41. The molecule has 1 unspecified atom stereocenters. The maximum absolute atomic E-state index is 12.3. The van der Waals surface area contributed by atoms with Crippen molar-refractivity contribution in [3.8, 4) is 0 Å². The number of carbonyl (C=O) groups is 2. The predicted molar refractivity (Wildman–Crippen MR) is 72.3 cm³/mol. The van der Waals surface area contributed by atoms with Crippen LogP contribution < -0.4 is 10.2 Å². The van der Waals surface area contributed by atoms with E-state index >= 15 is 0 Å². The minimum atomic E-state index is -1.28. The fourth-order valence-corrected chi connectivity index (χ4v) is 2.26. The zero-order valence-electron chi connectivity index (χ0n) is 11.3. The van der Waals surface area contributed by atoms with Gasteiger partial charge in [0.1, 0.15) is 5.54 Å². The summed E-state index contributed by atoms with van der Waals surface area (Å²) in [5.74, 6) is -1.05. The minimum absolute atomic E-state index is 0.0296. The summed E-state index contributed by atoms with van der Waals surface area (Å²) >= 11 is 0. The molecule has 5 nitrogen and oxygen atoms in total. The average molecular weight is 262 g/mol. The zero-order valence-corrected chi connectivity index (χ0v) is 11.3. The molecule has 0 fully saturated rings. The quantitative estimate of drug-likeness (QED) is 0.856. The molecule has 1 atom stereocenters. The lowest BCUT2D eigenvalue weighted by atomic mass is 10.1. The van der Waals surface area contributed by atoms with Crippen molar-refractivity contribution in [1.82, 2.24) is 5.32 Å². The van der Waals surface area contributed by atoms with Crippen LogP contribution in [0.5, 0.6) is 0 Å². The Kier molecular flexibility index (Phi) is 3.22. The van der Waals surface area contributed by atoms with Gasteiger partial charge in [-0.1, -0.05) is 18.2 Å². The van der Waals surface area contributed by atoms with Gasteiger partial charge in [-0.05, 0) is 38.8 Å². The zero-order chi connectivity index (χ0) is 14.2. The molecular weight excluding hydrogens is 244 g/mol. The summed E-state index contributed by atoms with van der Waals surface area (Å²) in [4.78, 5) is 25.0. The molecule has 1 aromatic carbocycles. The van der Waals surface area contributed by atoms with E-state index in [9.17, 15) is 9.59 Å². The monoisotopic (exact) mass is 262 g/mol. The lowest BCUT2D eigenvalue weighted by molar-refractivity contribution is -0.142. The highest BCUT2D eigenvalue weighted by atomic mass is 16.4. The minimum Gasteiger partial charge on any atom is -0.480 e. The summed E-state index contributed by atoms with van der Waals surface area (Å²) in [6.45, 7) is 4.90. The van der Waals surface area contributed by atoms with Crippen molar-refractivity contribution in [2.45, 2.75) is 38.8 Å². The second-order valence-corrected chi connectivity index (χ2v) is 5.41. The van der Waals surface area contributed by atoms with Crippen LogP contribution in [0, 0.1) is 0 Å². The molecule has 1 heterocycles. The van der Waals surface area contributed by atoms with Gasteiger partial charge in [0.25, 0.3) is 0 Å². The number of carbonyl (C=O) groups excluding carboxylic acids is 1. The van der Waals surface area contributed by atoms with Gasteiger partial charge in [0, 0.05) is 11.7 Å². The SMILES string of the molecule is CC1Cc2ccccc2N1C(=O)NC(C)(C)C(=O)O. The van der Waals surface area contributed by atoms with Crippen LogP contribution in [-0.4, -0.2) is 28.7 Å². The number of carboxylic acid groups (broad SMARTS) is 1. The lowest BCUT2D eigenvalue weighted by Crippen LogP contribution is -2.55. The summed E-state index contributed by atoms with van der Waals surface area (Å²) in [7, 11) is 0. The molecular formula is C14H18N2O3. The molecule has 2 amide bonds. The van der Waals surface area contributed by atoms with E-state index in [0.717, 1.165) is 17.7 Å². The van der Waals surface area contributed by atoms with Gasteiger partial charge in [0.15, 0.2) is 0 Å². The third kappa shape index (κ3) is 2.41. The molecule has 1 aromatic rings. The number of anilines is 1. The number of aliphatic carboxylic acids is 1. The number of carboxylic acids is 1. The molecule has 0 radical (unpaired) electrons. The van der Waals surface area contributed by atoms with E-state index < -0.39 is 11.5 Å². The maximum Gasteiger partial charge on any atom is 0.328 e. The topological polar surface area (TPSA) is 69.6 Å². The number of amides is 2. The number of hydrogen-bond acceptors (Lipinski definition) is 2. The smallest absolute Gasteiger partial charge is 0.328 e. The van der Waals surface area contributed by atoms with Crippen molar-refractivity contribution in [2.75, 3.05) is 4.90 Å². The van der Waals surface area contributed by atoms with Gasteiger partial charge in [-0.25, -0.2) is 9.59 Å². The first kappa shape index (κ1) is 13.4. The molecule has 19 heavy (non-hydrogen) atoms. The molecule has 1 aliphatic heterocycles. The average Bonchev–Trinajstić information content (AvgIpc) is 2.63. The van der Waals surface area contributed by atoms with Crippen LogP contribution in [-0.2, 0) is 11.2 Å². The first-order chi connectivity index (χ1) is 8.83. The van der Waals surface area contributed by atoms with Crippen molar-refractivity contribution >= 4 is 17.7 Å². The standard InChI is InChI=1S/C14H18N2O3/c1-9-8-10-6-4-5-7-11(10)16(9)13(19)15-14(2,3)12(17)18/h4-7,9H,8H2,1-3H3,(H,15,19)(H,17,18). The van der Waals surface area contributed by atoms with Crippen molar-refractivity contribution in [3.63, 3.8) is 0 Å². The lowest BCUT2D eigenvalue weighted by Gasteiger charge is -2.28. The Labute approximate surface area is 112 Å². The Morgan fingerprint density at radius 2 is 2.00 bits per heavy atom. The highest BCUT2D eigenvalue weighted by Crippen LogP contribution is 2.31. The number of hydrogen-bond donors (Lipinski definition) is 2. The number of para-hydroxylation sites is 1. The van der Waals surface area contributed by atoms with Crippen LogP contribution in [0.1, 0.15) is 26.3 Å². The fraction of sp³-hybridized carbons (Fsp3) is 0.429. The highest BCUT2D eigenvalue weighted by Gasteiger charge is 2.36. The molecule has 0 bridgehead atoms. The van der Waals surface area contributed by atoms with Crippen LogP contribution in [0.2, 0.25) is 0 Å². The molecule has 0 spiro atoms. The Morgan fingerprint density at radius 3 is 2.63 bits per heavy atom. The predicted octanol–water partition coefficient (Wildman–Crippen LogP) is 2.01. The molecule has 0 saturated heterocycles. The van der Waals surface area contributed by atoms with E-state index in [-0.39, 0.29) is 12.1 Å². The van der Waals surface area contributed by atoms with Gasteiger partial charge in [-0.2, -0.15) is 0 Å². The van der Waals surface area contributed by atoms with Crippen molar-refractivity contribution in [2.24, 2.45) is 0 Å². The van der Waals surface area contributed by atoms with E-state index in [1.807, 2.05) is 31.2 Å². The number of rotatable bonds is 2. The molecule has 102 valence electrons. The summed E-state index contributed by atoms with van der Waals surface area (Å²) in [5.41, 5.74) is 0.681. The fourth-order valence-electron chi connectivity index (χ4n) is 2.26. The van der Waals surface area contributed by atoms with Crippen LogP contribution >= 0.6 is 0 Å². The number of urea groups is 1. The van der Waals surface area contributed by atoms with Crippen molar-refractivity contribution < 1.29 is 14.7 Å². The van der Waals surface area contributed by atoms with Gasteiger partial charge >= 0.3 is 12.0 Å². The van der Waals surface area contributed by atoms with Gasteiger partial charge < -0.3 is 10.4 Å². The number of fused-ring (bicyclic) bond motifs is 1. The third-order valence-corrected chi connectivity index (χ3v) is 3.38. The van der Waals surface area contributed by atoms with E-state index in [1.54, 1.807) is 4.90 Å². The van der Waals surface area contributed by atoms with Gasteiger partial charge in [0.05, 0.1) is 0 Å². The third-order valence-electron chi connectivity index (χ3n) is 3.38. The molecule has 1 aliphatic rings. The number of benzene rings is 1. The first-order valence-electron chi connectivity index (χ1n) is 6.25. The molecule has 2 rings (SSSR count). The number of nitrogens with one attached hydrogen (secondary N) is 1. The summed E-state index contributed by atoms with van der Waals surface area (Å²) in [6.07, 6.45) is 0.789. The molecule has 0 saturated carbocycles. The van der Waals surface area contributed by atoms with Crippen LogP contribution in [0.25, 0.3) is 0 Å². The van der Waals surface area contributed by atoms with Crippen molar-refractivity contribution in [3.05, 3.63) is 29.8 Å². The van der Waals surface area contributed by atoms with Crippen LogP contribution in [0.15, 0.2) is 24.3 Å². The summed E-state index contributed by atoms with van der Waals surface area (Å²) in [5, 5.41) is 11.6. The molecule has 0 aliphatic carbocycles. The van der Waals surface area contributed by atoms with Crippen LogP contribution in [0.3, 0.4) is 0 Å².